The van der Waals surface area contributed by atoms with Crippen molar-refractivity contribution in [1.82, 2.24) is 4.98 Å². The Labute approximate surface area is 103 Å². The van der Waals surface area contributed by atoms with Gasteiger partial charge in [0.15, 0.2) is 0 Å². The standard InChI is InChI=1S/C14H10F3N/c1-2-10-7-8-18-13(9-10)11-5-3-4-6-12(11)14(15,16)17/h2-9H,1H2. The molecule has 0 unspecified atom stereocenters. The number of rotatable bonds is 2. The van der Waals surface area contributed by atoms with Crippen LogP contribution in [0.2, 0.25) is 0 Å². The molecule has 1 heterocycles. The Morgan fingerprint density at radius 1 is 1.11 bits per heavy atom. The molecule has 0 saturated carbocycles. The van der Waals surface area contributed by atoms with Gasteiger partial charge in [-0.3, -0.25) is 4.98 Å². The summed E-state index contributed by atoms with van der Waals surface area (Å²) in [5, 5.41) is 0. The predicted molar refractivity (Wildman–Crippen MR) is 64.8 cm³/mol. The molecule has 0 bridgehead atoms. The van der Waals surface area contributed by atoms with Gasteiger partial charge in [0, 0.05) is 11.8 Å². The predicted octanol–water partition coefficient (Wildman–Crippen LogP) is 4.41. The molecule has 1 nitrogen and oxygen atoms in total. The SMILES string of the molecule is C=Cc1ccnc(-c2ccccc2C(F)(F)F)c1. The zero-order valence-electron chi connectivity index (χ0n) is 9.41. The van der Waals surface area contributed by atoms with Crippen LogP contribution in [0.1, 0.15) is 11.1 Å². The number of pyridine rings is 1. The first-order chi connectivity index (χ1) is 8.52. The van der Waals surface area contributed by atoms with E-state index < -0.39 is 11.7 Å². The Morgan fingerprint density at radius 2 is 1.83 bits per heavy atom. The Kier molecular flexibility index (Phi) is 3.19. The van der Waals surface area contributed by atoms with Gasteiger partial charge in [0.05, 0.1) is 11.3 Å². The molecule has 0 aliphatic rings. The minimum Gasteiger partial charge on any atom is -0.256 e. The second-order valence-electron chi connectivity index (χ2n) is 3.72. The zero-order chi connectivity index (χ0) is 13.2. The molecule has 0 saturated heterocycles. The summed E-state index contributed by atoms with van der Waals surface area (Å²) in [6.07, 6.45) is -1.34. The van der Waals surface area contributed by atoms with Crippen molar-refractivity contribution >= 4 is 6.08 Å². The van der Waals surface area contributed by atoms with Crippen LogP contribution in [0, 0.1) is 0 Å². The summed E-state index contributed by atoms with van der Waals surface area (Å²) in [6.45, 7) is 3.59. The van der Waals surface area contributed by atoms with Crippen molar-refractivity contribution in [3.63, 3.8) is 0 Å². The number of aromatic nitrogens is 1. The molecule has 0 spiro atoms. The fourth-order valence-corrected chi connectivity index (χ4v) is 1.67. The minimum absolute atomic E-state index is 0.0775. The maximum absolute atomic E-state index is 12.9. The number of hydrogen-bond acceptors (Lipinski definition) is 1. The molecule has 2 aromatic rings. The normalized spacial score (nSPS) is 11.3. The number of hydrogen-bond donors (Lipinski definition) is 0. The highest BCUT2D eigenvalue weighted by atomic mass is 19.4. The van der Waals surface area contributed by atoms with Crippen LogP contribution in [-0.4, -0.2) is 4.98 Å². The van der Waals surface area contributed by atoms with Gasteiger partial charge < -0.3 is 0 Å². The smallest absolute Gasteiger partial charge is 0.256 e. The monoisotopic (exact) mass is 249 g/mol. The molecule has 0 radical (unpaired) electrons. The topological polar surface area (TPSA) is 12.9 Å². The van der Waals surface area contributed by atoms with Crippen molar-refractivity contribution in [2.45, 2.75) is 6.18 Å². The average Bonchev–Trinajstić information content (AvgIpc) is 2.38. The summed E-state index contributed by atoms with van der Waals surface area (Å²) >= 11 is 0. The molecule has 0 atom stereocenters. The Bertz CT molecular complexity index is 573. The molecule has 18 heavy (non-hydrogen) atoms. The molecule has 92 valence electrons. The summed E-state index contributed by atoms with van der Waals surface area (Å²) in [5.74, 6) is 0. The van der Waals surface area contributed by atoms with Crippen molar-refractivity contribution in [2.24, 2.45) is 0 Å². The van der Waals surface area contributed by atoms with E-state index in [-0.39, 0.29) is 5.56 Å². The van der Waals surface area contributed by atoms with Crippen LogP contribution in [0.4, 0.5) is 13.2 Å². The van der Waals surface area contributed by atoms with Crippen molar-refractivity contribution in [3.05, 3.63) is 60.3 Å². The van der Waals surface area contributed by atoms with Gasteiger partial charge in [0.25, 0.3) is 0 Å². The van der Waals surface area contributed by atoms with Gasteiger partial charge in [-0.15, -0.1) is 0 Å². The van der Waals surface area contributed by atoms with Gasteiger partial charge >= 0.3 is 6.18 Å². The molecule has 0 aliphatic carbocycles. The van der Waals surface area contributed by atoms with Crippen LogP contribution in [0.25, 0.3) is 17.3 Å². The summed E-state index contributed by atoms with van der Waals surface area (Å²) in [5.41, 5.74) is 0.421. The van der Waals surface area contributed by atoms with E-state index >= 15 is 0 Å². The second kappa shape index (κ2) is 4.64. The molecule has 0 fully saturated rings. The lowest BCUT2D eigenvalue weighted by Gasteiger charge is -2.12. The van der Waals surface area contributed by atoms with Gasteiger partial charge in [-0.25, -0.2) is 0 Å². The highest BCUT2D eigenvalue weighted by molar-refractivity contribution is 5.67. The van der Waals surface area contributed by atoms with Crippen LogP contribution in [0.3, 0.4) is 0 Å². The first kappa shape index (κ1) is 12.4. The zero-order valence-corrected chi connectivity index (χ0v) is 9.41. The summed E-state index contributed by atoms with van der Waals surface area (Å²) in [7, 11) is 0. The highest BCUT2D eigenvalue weighted by Crippen LogP contribution is 2.36. The van der Waals surface area contributed by atoms with Crippen molar-refractivity contribution in [3.8, 4) is 11.3 Å². The molecule has 0 amide bonds. The van der Waals surface area contributed by atoms with E-state index in [2.05, 4.69) is 11.6 Å². The molecular formula is C14H10F3N. The molecule has 1 aromatic carbocycles. The van der Waals surface area contributed by atoms with Gasteiger partial charge in [0.1, 0.15) is 0 Å². The maximum Gasteiger partial charge on any atom is 0.417 e. The Balaban J connectivity index is 2.60. The van der Waals surface area contributed by atoms with Gasteiger partial charge in [-0.05, 0) is 23.8 Å². The number of nitrogens with zero attached hydrogens (tertiary/aromatic N) is 1. The van der Waals surface area contributed by atoms with E-state index in [1.54, 1.807) is 24.3 Å². The van der Waals surface area contributed by atoms with E-state index in [0.29, 0.717) is 5.69 Å². The Morgan fingerprint density at radius 3 is 2.50 bits per heavy atom. The van der Waals surface area contributed by atoms with E-state index in [1.165, 1.54) is 18.3 Å². The maximum atomic E-state index is 12.9. The van der Waals surface area contributed by atoms with E-state index in [4.69, 9.17) is 0 Å². The molecule has 4 heteroatoms. The van der Waals surface area contributed by atoms with E-state index in [9.17, 15) is 13.2 Å². The van der Waals surface area contributed by atoms with Crippen LogP contribution < -0.4 is 0 Å². The quantitative estimate of drug-likeness (QED) is 0.768. The number of benzene rings is 1. The third kappa shape index (κ3) is 2.42. The molecule has 0 aliphatic heterocycles. The second-order valence-corrected chi connectivity index (χ2v) is 3.72. The highest BCUT2D eigenvalue weighted by Gasteiger charge is 2.33. The lowest BCUT2D eigenvalue weighted by atomic mass is 10.0. The first-order valence-electron chi connectivity index (χ1n) is 5.27. The van der Waals surface area contributed by atoms with Crippen LogP contribution in [-0.2, 0) is 6.18 Å². The third-order valence-electron chi connectivity index (χ3n) is 2.53. The lowest BCUT2D eigenvalue weighted by Crippen LogP contribution is -2.07. The summed E-state index contributed by atoms with van der Waals surface area (Å²) in [6, 6.07) is 8.66. The number of alkyl halides is 3. The first-order valence-corrected chi connectivity index (χ1v) is 5.27. The average molecular weight is 249 g/mol. The van der Waals surface area contributed by atoms with Crippen molar-refractivity contribution in [1.29, 1.82) is 0 Å². The van der Waals surface area contributed by atoms with Crippen molar-refractivity contribution < 1.29 is 13.2 Å². The van der Waals surface area contributed by atoms with Crippen molar-refractivity contribution in [2.75, 3.05) is 0 Å². The van der Waals surface area contributed by atoms with Crippen LogP contribution >= 0.6 is 0 Å². The van der Waals surface area contributed by atoms with E-state index in [1.807, 2.05) is 0 Å². The summed E-state index contributed by atoms with van der Waals surface area (Å²) < 4.78 is 38.6. The lowest BCUT2D eigenvalue weighted by molar-refractivity contribution is -0.137. The summed E-state index contributed by atoms with van der Waals surface area (Å²) in [4.78, 5) is 3.98. The van der Waals surface area contributed by atoms with Gasteiger partial charge in [0.2, 0.25) is 0 Å². The molecular weight excluding hydrogens is 239 g/mol. The molecule has 1 aromatic heterocycles. The number of halogens is 3. The molecule has 2 rings (SSSR count). The third-order valence-corrected chi connectivity index (χ3v) is 2.53. The largest absolute Gasteiger partial charge is 0.417 e. The fourth-order valence-electron chi connectivity index (χ4n) is 1.67. The van der Waals surface area contributed by atoms with Gasteiger partial charge in [-0.2, -0.15) is 13.2 Å². The van der Waals surface area contributed by atoms with Crippen LogP contribution in [0.5, 0.6) is 0 Å². The molecule has 0 N–H and O–H groups in total. The van der Waals surface area contributed by atoms with Crippen LogP contribution in [0.15, 0.2) is 49.2 Å². The fraction of sp³-hybridized carbons (Fsp3) is 0.0714. The Hall–Kier alpha value is -2.10. The van der Waals surface area contributed by atoms with E-state index in [0.717, 1.165) is 11.6 Å². The van der Waals surface area contributed by atoms with Gasteiger partial charge in [-0.1, -0.05) is 30.9 Å². The minimum atomic E-state index is -4.39.